The third kappa shape index (κ3) is 5.30. The fraction of sp³-hybridized carbons (Fsp3) is 0.105. The molecule has 2 aliphatic rings. The summed E-state index contributed by atoms with van der Waals surface area (Å²) in [6, 6.07) is 28.8. The molecule has 2 aliphatic carbocycles. The zero-order valence-electron chi connectivity index (χ0n) is 24.7. The largest absolute Gasteiger partial charge is 0.460 e. The lowest BCUT2D eigenvalue weighted by Crippen LogP contribution is -2.15. The van der Waals surface area contributed by atoms with Crippen LogP contribution in [0.25, 0.3) is 43.1 Å². The van der Waals surface area contributed by atoms with Crippen LogP contribution in [0.3, 0.4) is 0 Å². The molecule has 0 spiro atoms. The van der Waals surface area contributed by atoms with Crippen LogP contribution in [0.5, 0.6) is 0 Å². The van der Waals surface area contributed by atoms with E-state index in [9.17, 15) is 20.1 Å². The summed E-state index contributed by atoms with van der Waals surface area (Å²) in [4.78, 5) is 33.0. The zero-order chi connectivity index (χ0) is 32.9. The lowest BCUT2D eigenvalue weighted by atomic mass is 9.99. The zero-order valence-corrected chi connectivity index (χ0v) is 24.7. The monoisotopic (exact) mass is 614 g/mol. The van der Waals surface area contributed by atoms with Crippen molar-refractivity contribution in [3.63, 3.8) is 0 Å². The molecule has 9 heteroatoms. The summed E-state index contributed by atoms with van der Waals surface area (Å²) in [5, 5.41) is 19.1. The molecule has 0 aliphatic heterocycles. The van der Waals surface area contributed by atoms with Gasteiger partial charge in [-0.15, -0.1) is 0 Å². The molecular formula is C38H22N4O5. The molecule has 0 saturated carbocycles. The smallest absolute Gasteiger partial charge is 0.338 e. The Labute approximate surface area is 270 Å². The molecule has 4 aromatic rings. The van der Waals surface area contributed by atoms with Gasteiger partial charge in [-0.25, -0.2) is 29.8 Å². The average Bonchev–Trinajstić information content (AvgIpc) is 3.62. The van der Waals surface area contributed by atoms with Crippen molar-refractivity contribution in [1.29, 1.82) is 10.5 Å². The number of esters is 2. The maximum Gasteiger partial charge on any atom is 0.338 e. The molecule has 47 heavy (non-hydrogen) atoms. The Morgan fingerprint density at radius 1 is 0.553 bits per heavy atom. The Hall–Kier alpha value is -6.78. The Balaban J connectivity index is 1.07. The van der Waals surface area contributed by atoms with Gasteiger partial charge < -0.3 is 14.2 Å². The fourth-order valence-corrected chi connectivity index (χ4v) is 6.00. The van der Waals surface area contributed by atoms with E-state index in [2.05, 4.69) is 9.69 Å². The van der Waals surface area contributed by atoms with Crippen LogP contribution in [-0.4, -0.2) is 38.4 Å². The normalized spacial score (nSPS) is 13.7. The summed E-state index contributed by atoms with van der Waals surface area (Å²) in [7, 11) is 0. The van der Waals surface area contributed by atoms with Gasteiger partial charge in [0.2, 0.25) is 0 Å². The van der Waals surface area contributed by atoms with Crippen LogP contribution in [0, 0.1) is 35.8 Å². The molecule has 0 radical (unpaired) electrons. The van der Waals surface area contributed by atoms with Gasteiger partial charge in [0.15, 0.2) is 0 Å². The highest BCUT2D eigenvalue weighted by Crippen LogP contribution is 2.48. The molecule has 9 nitrogen and oxygen atoms in total. The first-order valence-corrected chi connectivity index (χ1v) is 14.5. The first kappa shape index (κ1) is 30.3. The molecule has 0 aromatic heterocycles. The quantitative estimate of drug-likeness (QED) is 0.0778. The maximum atomic E-state index is 13.1. The summed E-state index contributed by atoms with van der Waals surface area (Å²) in [6.07, 6.45) is 0. The number of carbonyl (C=O) groups excluding carboxylic acids is 2. The van der Waals surface area contributed by atoms with Crippen molar-refractivity contribution in [2.24, 2.45) is 0 Å². The van der Waals surface area contributed by atoms with Crippen LogP contribution >= 0.6 is 0 Å². The van der Waals surface area contributed by atoms with Crippen LogP contribution in [0.4, 0.5) is 0 Å². The summed E-state index contributed by atoms with van der Waals surface area (Å²) in [6.45, 7) is 14.9. The summed E-state index contributed by atoms with van der Waals surface area (Å²) >= 11 is 0. The van der Waals surface area contributed by atoms with E-state index < -0.39 is 11.9 Å². The molecule has 0 N–H and O–H groups in total. The number of fused-ring (bicyclic) bond motifs is 6. The van der Waals surface area contributed by atoms with Crippen LogP contribution in [0.1, 0.15) is 43.0 Å². The highest BCUT2D eigenvalue weighted by molar-refractivity contribution is 6.11. The topological polar surface area (TPSA) is 118 Å². The number of benzene rings is 4. The van der Waals surface area contributed by atoms with Crippen LogP contribution < -0.4 is 0 Å². The van der Waals surface area contributed by atoms with Gasteiger partial charge >= 0.3 is 11.9 Å². The maximum absolute atomic E-state index is 13.1. The standard InChI is InChI=1S/C38H22N4O5/c1-41-31(21-39)35-25-11-5-3-9-23(25)33-27(35)13-7-15-29(33)37(43)46-19-17-45-18-20-47-38(44)30-16-8-14-28-34(30)24-10-4-6-12-26(24)36(28)32(22-40)42-2/h3-16H,17-20H2/b35-31-,36-32+. The third-order valence-electron chi connectivity index (χ3n) is 7.87. The average molecular weight is 615 g/mol. The van der Waals surface area contributed by atoms with Gasteiger partial charge in [-0.05, 0) is 45.5 Å². The van der Waals surface area contributed by atoms with Gasteiger partial charge in [0.25, 0.3) is 11.4 Å². The number of carbonyl (C=O) groups is 2. The van der Waals surface area contributed by atoms with E-state index in [0.29, 0.717) is 55.7 Å². The predicted octanol–water partition coefficient (Wildman–Crippen LogP) is 7.08. The first-order valence-electron chi connectivity index (χ1n) is 14.5. The molecule has 0 fully saturated rings. The van der Waals surface area contributed by atoms with Crippen molar-refractivity contribution >= 4 is 23.1 Å². The number of allylic oxidation sites excluding steroid dienone is 2. The highest BCUT2D eigenvalue weighted by atomic mass is 16.6. The highest BCUT2D eigenvalue weighted by Gasteiger charge is 2.31. The number of hydrogen-bond donors (Lipinski definition) is 0. The van der Waals surface area contributed by atoms with E-state index >= 15 is 0 Å². The van der Waals surface area contributed by atoms with Crippen molar-refractivity contribution in [1.82, 2.24) is 0 Å². The Morgan fingerprint density at radius 3 is 1.32 bits per heavy atom. The summed E-state index contributed by atoms with van der Waals surface area (Å²) in [5.74, 6) is -1.14. The first-order chi connectivity index (χ1) is 23.0. The Kier molecular flexibility index (Phi) is 8.41. The molecule has 224 valence electrons. The van der Waals surface area contributed by atoms with Crippen molar-refractivity contribution in [2.75, 3.05) is 26.4 Å². The molecule has 0 amide bonds. The molecular weight excluding hydrogens is 592 g/mol. The van der Waals surface area contributed by atoms with Crippen LogP contribution in [0.15, 0.2) is 96.3 Å². The van der Waals surface area contributed by atoms with E-state index in [1.54, 1.807) is 36.4 Å². The van der Waals surface area contributed by atoms with E-state index in [4.69, 9.17) is 27.4 Å². The molecule has 0 atom stereocenters. The molecule has 0 unspecified atom stereocenters. The Bertz CT molecular complexity index is 2030. The third-order valence-corrected chi connectivity index (χ3v) is 7.87. The van der Waals surface area contributed by atoms with Crippen molar-refractivity contribution < 1.29 is 23.8 Å². The van der Waals surface area contributed by atoms with Crippen LogP contribution in [0.2, 0.25) is 0 Å². The molecule has 4 aromatic carbocycles. The van der Waals surface area contributed by atoms with Crippen molar-refractivity contribution in [3.8, 4) is 34.4 Å². The van der Waals surface area contributed by atoms with Crippen molar-refractivity contribution in [2.45, 2.75) is 0 Å². The van der Waals surface area contributed by atoms with Gasteiger partial charge in [0.05, 0.1) is 49.6 Å². The predicted molar refractivity (Wildman–Crippen MR) is 172 cm³/mol. The number of ether oxygens (including phenoxy) is 3. The lowest BCUT2D eigenvalue weighted by molar-refractivity contribution is 0.0152. The molecule has 6 rings (SSSR count). The number of hydrogen-bond acceptors (Lipinski definition) is 7. The van der Waals surface area contributed by atoms with Gasteiger partial charge in [-0.2, -0.15) is 0 Å². The van der Waals surface area contributed by atoms with Gasteiger partial charge in [-0.1, -0.05) is 72.8 Å². The van der Waals surface area contributed by atoms with E-state index in [1.165, 1.54) is 0 Å². The SMILES string of the molecule is [C-]#[N+]/C(C#N)=C1/c2ccccc2-c2c(C(=O)OCCOCCOC(=O)c3cccc4c3-c3ccccc3/C4=C(/C#N)[N+]#[C-])cccc21. The second kappa shape index (κ2) is 13.1. The minimum absolute atomic E-state index is 0.0490. The van der Waals surface area contributed by atoms with Gasteiger partial charge in [0, 0.05) is 22.3 Å². The second-order valence-corrected chi connectivity index (χ2v) is 10.3. The van der Waals surface area contributed by atoms with Crippen LogP contribution in [-0.2, 0) is 14.2 Å². The van der Waals surface area contributed by atoms with E-state index in [1.807, 2.05) is 60.7 Å². The lowest BCUT2D eigenvalue weighted by Gasteiger charge is -2.11. The molecule has 0 heterocycles. The number of nitrogens with zero attached hydrogens (tertiary/aromatic N) is 4. The van der Waals surface area contributed by atoms with E-state index in [0.717, 1.165) is 11.1 Å². The fourth-order valence-electron chi connectivity index (χ4n) is 6.00. The minimum atomic E-state index is -0.571. The number of rotatable bonds is 8. The van der Waals surface area contributed by atoms with Gasteiger partial charge in [-0.3, -0.25) is 0 Å². The minimum Gasteiger partial charge on any atom is -0.460 e. The van der Waals surface area contributed by atoms with Gasteiger partial charge in [0.1, 0.15) is 13.2 Å². The Morgan fingerprint density at radius 2 is 0.936 bits per heavy atom. The molecule has 0 saturated heterocycles. The molecule has 0 bridgehead atoms. The van der Waals surface area contributed by atoms with Crippen molar-refractivity contribution in [3.05, 3.63) is 153 Å². The summed E-state index contributed by atoms with van der Waals surface area (Å²) in [5.41, 5.74) is 6.93. The number of nitriles is 2. The second-order valence-electron chi connectivity index (χ2n) is 10.3. The van der Waals surface area contributed by atoms with E-state index in [-0.39, 0.29) is 37.8 Å². The summed E-state index contributed by atoms with van der Waals surface area (Å²) < 4.78 is 16.5.